The molecule has 0 saturated carbocycles. The number of H-pyrrole nitrogens is 1. The average Bonchev–Trinajstić information content (AvgIpc) is 3.50. The smallest absolute Gasteiger partial charge is 0.310 e. The van der Waals surface area contributed by atoms with Crippen molar-refractivity contribution in [3.63, 3.8) is 0 Å². The quantitative estimate of drug-likeness (QED) is 0.524. The number of hydrogen-bond acceptors (Lipinski definition) is 7. The second-order valence-corrected chi connectivity index (χ2v) is 11.1. The molecule has 36 heavy (non-hydrogen) atoms. The van der Waals surface area contributed by atoms with Gasteiger partial charge < -0.3 is 14.3 Å². The average molecular weight is 507 g/mol. The fourth-order valence-electron chi connectivity index (χ4n) is 4.80. The van der Waals surface area contributed by atoms with E-state index >= 15 is 0 Å². The van der Waals surface area contributed by atoms with Crippen molar-refractivity contribution < 1.29 is 17.6 Å². The zero-order valence-corrected chi connectivity index (χ0v) is 20.7. The number of rotatable bonds is 5. The highest BCUT2D eigenvalue weighted by Gasteiger charge is 2.38. The van der Waals surface area contributed by atoms with Gasteiger partial charge in [-0.2, -0.15) is 9.57 Å². The van der Waals surface area contributed by atoms with Crippen molar-refractivity contribution in [3.05, 3.63) is 47.2 Å². The molecule has 186 valence electrons. The van der Waals surface area contributed by atoms with Crippen LogP contribution in [0.5, 0.6) is 0 Å². The molecule has 5 rings (SSSR count). The Morgan fingerprint density at radius 1 is 1.31 bits per heavy atom. The van der Waals surface area contributed by atoms with Gasteiger partial charge in [-0.15, -0.1) is 6.42 Å². The molecule has 1 fully saturated rings. The molecule has 1 saturated heterocycles. The first-order valence-corrected chi connectivity index (χ1v) is 13.2. The van der Waals surface area contributed by atoms with Gasteiger partial charge in [0.05, 0.1) is 18.3 Å². The number of carbonyl (C=O) groups is 1. The second kappa shape index (κ2) is 9.43. The molecule has 4 heterocycles. The van der Waals surface area contributed by atoms with E-state index in [9.17, 15) is 13.2 Å². The van der Waals surface area contributed by atoms with Crippen molar-refractivity contribution in [1.29, 1.82) is 5.26 Å². The number of aromatic amines is 1. The topological polar surface area (TPSA) is 127 Å². The van der Waals surface area contributed by atoms with Gasteiger partial charge in [0.15, 0.2) is 0 Å². The Labute approximate surface area is 209 Å². The third-order valence-electron chi connectivity index (χ3n) is 6.78. The van der Waals surface area contributed by atoms with Crippen LogP contribution in [0.4, 0.5) is 0 Å². The summed E-state index contributed by atoms with van der Waals surface area (Å²) in [5, 5.41) is 9.93. The van der Waals surface area contributed by atoms with Gasteiger partial charge in [-0.1, -0.05) is 5.92 Å². The normalized spacial score (nSPS) is 19.1. The predicted octanol–water partition coefficient (Wildman–Crippen LogP) is 1.94. The van der Waals surface area contributed by atoms with E-state index in [1.807, 2.05) is 7.05 Å². The van der Waals surface area contributed by atoms with Crippen molar-refractivity contribution in [2.45, 2.75) is 36.9 Å². The van der Waals surface area contributed by atoms with Crippen LogP contribution in [0.3, 0.4) is 0 Å². The summed E-state index contributed by atoms with van der Waals surface area (Å²) in [4.78, 5) is 24.4. The Bertz CT molecular complexity index is 1510. The molecule has 1 unspecified atom stereocenters. The van der Waals surface area contributed by atoms with Crippen LogP contribution < -0.4 is 0 Å². The lowest BCUT2D eigenvalue weighted by Crippen LogP contribution is -2.56. The van der Waals surface area contributed by atoms with Gasteiger partial charge >= 0.3 is 5.91 Å². The maximum atomic E-state index is 13.5. The Balaban J connectivity index is 1.38. The van der Waals surface area contributed by atoms with Crippen LogP contribution in [0.25, 0.3) is 10.9 Å². The summed E-state index contributed by atoms with van der Waals surface area (Å²) in [7, 11) is -1.89. The SMILES string of the molecule is C#Cc1ccc2[nH]c(S(=O)(=O)N3CCN(C(=O)c4nc5c(o4)CN(C)CC5)C(CCC#N)C3)cc2c1. The number of amides is 1. The molecule has 10 nitrogen and oxygen atoms in total. The Morgan fingerprint density at radius 3 is 2.92 bits per heavy atom. The minimum Gasteiger partial charge on any atom is -0.436 e. The fraction of sp³-hybridized carbons (Fsp3) is 0.400. The summed E-state index contributed by atoms with van der Waals surface area (Å²) in [5.74, 6) is 2.88. The number of fused-ring (bicyclic) bond motifs is 2. The first-order chi connectivity index (χ1) is 17.3. The number of hydrogen-bond donors (Lipinski definition) is 1. The lowest BCUT2D eigenvalue weighted by atomic mass is 10.1. The summed E-state index contributed by atoms with van der Waals surface area (Å²) in [5.41, 5.74) is 2.12. The van der Waals surface area contributed by atoms with E-state index in [0.717, 1.165) is 12.2 Å². The van der Waals surface area contributed by atoms with Gasteiger partial charge in [0.2, 0.25) is 0 Å². The van der Waals surface area contributed by atoms with Gasteiger partial charge in [0, 0.05) is 61.5 Å². The third-order valence-corrected chi connectivity index (χ3v) is 8.57. The van der Waals surface area contributed by atoms with Crippen molar-refractivity contribution in [1.82, 2.24) is 24.1 Å². The van der Waals surface area contributed by atoms with Gasteiger partial charge in [-0.3, -0.25) is 9.69 Å². The van der Waals surface area contributed by atoms with Crippen molar-refractivity contribution in [2.75, 3.05) is 33.2 Å². The first-order valence-electron chi connectivity index (χ1n) is 11.7. The Hall–Kier alpha value is -3.64. The minimum atomic E-state index is -3.86. The van der Waals surface area contributed by atoms with Crippen molar-refractivity contribution in [2.24, 2.45) is 0 Å². The van der Waals surface area contributed by atoms with Gasteiger partial charge in [-0.05, 0) is 37.7 Å². The highest BCUT2D eigenvalue weighted by Crippen LogP contribution is 2.27. The highest BCUT2D eigenvalue weighted by atomic mass is 32.2. The lowest BCUT2D eigenvalue weighted by Gasteiger charge is -2.39. The van der Waals surface area contributed by atoms with E-state index in [2.05, 4.69) is 26.9 Å². The van der Waals surface area contributed by atoms with Gasteiger partial charge in [0.25, 0.3) is 15.9 Å². The minimum absolute atomic E-state index is 0.0218. The number of likely N-dealkylation sites (N-methyl/N-ethyl adjacent to an activating group) is 1. The summed E-state index contributed by atoms with van der Waals surface area (Å²) in [6.45, 7) is 1.79. The van der Waals surface area contributed by atoms with E-state index in [0.29, 0.717) is 41.6 Å². The standard InChI is InChI=1S/C25H26N6O4S/c1-3-17-6-7-20-18(13-17)14-23(27-20)36(33,34)30-11-12-31(19(15-30)5-4-9-26)25(32)24-28-21-8-10-29(2)16-22(21)35-24/h1,6-7,13-14,19,27H,4-5,8,10-12,15-16H2,2H3. The van der Waals surface area contributed by atoms with Crippen molar-refractivity contribution in [3.8, 4) is 18.4 Å². The number of oxazole rings is 1. The van der Waals surface area contributed by atoms with Gasteiger partial charge in [-0.25, -0.2) is 13.4 Å². The molecule has 0 radical (unpaired) electrons. The predicted molar refractivity (Wildman–Crippen MR) is 131 cm³/mol. The molecule has 2 aromatic heterocycles. The van der Waals surface area contributed by atoms with Crippen LogP contribution in [0.1, 0.15) is 40.5 Å². The lowest BCUT2D eigenvalue weighted by molar-refractivity contribution is 0.0510. The first kappa shape index (κ1) is 24.1. The number of aromatic nitrogens is 2. The summed E-state index contributed by atoms with van der Waals surface area (Å²) in [6.07, 6.45) is 6.71. The molecule has 0 bridgehead atoms. The monoisotopic (exact) mass is 506 g/mol. The summed E-state index contributed by atoms with van der Waals surface area (Å²) < 4.78 is 34.1. The molecule has 0 spiro atoms. The summed E-state index contributed by atoms with van der Waals surface area (Å²) >= 11 is 0. The largest absolute Gasteiger partial charge is 0.436 e. The third kappa shape index (κ3) is 4.37. The van der Waals surface area contributed by atoms with E-state index in [1.54, 1.807) is 29.2 Å². The molecule has 3 aromatic rings. The van der Waals surface area contributed by atoms with Crippen LogP contribution >= 0.6 is 0 Å². The molecule has 1 N–H and O–H groups in total. The molecule has 1 aromatic carbocycles. The maximum absolute atomic E-state index is 13.5. The molecular formula is C25H26N6O4S. The highest BCUT2D eigenvalue weighted by molar-refractivity contribution is 7.89. The van der Waals surface area contributed by atoms with E-state index in [1.165, 1.54) is 4.31 Å². The number of sulfonamides is 1. The van der Waals surface area contributed by atoms with Crippen LogP contribution in [0, 0.1) is 23.7 Å². The number of terminal acetylenes is 1. The summed E-state index contributed by atoms with van der Waals surface area (Å²) in [6, 6.07) is 8.44. The molecule has 0 aliphatic carbocycles. The molecular weight excluding hydrogens is 480 g/mol. The van der Waals surface area contributed by atoms with Gasteiger partial charge in [0.1, 0.15) is 10.8 Å². The zero-order chi connectivity index (χ0) is 25.4. The molecule has 1 amide bonds. The van der Waals surface area contributed by atoms with Crippen LogP contribution in [-0.2, 0) is 23.0 Å². The zero-order valence-electron chi connectivity index (χ0n) is 19.9. The number of piperazine rings is 1. The Kier molecular flexibility index (Phi) is 6.31. The van der Waals surface area contributed by atoms with E-state index in [-0.39, 0.29) is 42.9 Å². The van der Waals surface area contributed by atoms with Crippen LogP contribution in [-0.4, -0.2) is 77.7 Å². The van der Waals surface area contributed by atoms with Crippen LogP contribution in [0.2, 0.25) is 0 Å². The molecule has 11 heteroatoms. The number of nitrogens with one attached hydrogen (secondary N) is 1. The number of benzene rings is 1. The molecule has 1 atom stereocenters. The maximum Gasteiger partial charge on any atom is 0.310 e. The van der Waals surface area contributed by atoms with E-state index < -0.39 is 16.1 Å². The number of nitriles is 1. The van der Waals surface area contributed by atoms with Crippen LogP contribution in [0.15, 0.2) is 33.7 Å². The number of carbonyl (C=O) groups excluding carboxylic acids is 1. The van der Waals surface area contributed by atoms with Crippen molar-refractivity contribution >= 4 is 26.8 Å². The fourth-order valence-corrected chi connectivity index (χ4v) is 6.29. The molecule has 2 aliphatic rings. The number of nitrogens with zero attached hydrogens (tertiary/aromatic N) is 5. The second-order valence-electron chi connectivity index (χ2n) is 9.17. The van der Waals surface area contributed by atoms with E-state index in [4.69, 9.17) is 16.1 Å². The Morgan fingerprint density at radius 2 is 2.14 bits per heavy atom. The molecule has 2 aliphatic heterocycles.